The molecule has 3 rings (SSSR count). The van der Waals surface area contributed by atoms with Crippen LogP contribution in [0, 0.1) is 0 Å². The molecule has 1 unspecified atom stereocenters. The van der Waals surface area contributed by atoms with Crippen molar-refractivity contribution in [3.63, 3.8) is 0 Å². The molecule has 2 heterocycles. The minimum atomic E-state index is -1.03. The number of nitrogens with zero attached hydrogens (tertiary/aromatic N) is 2. The second-order valence-corrected chi connectivity index (χ2v) is 5.66. The number of hydrogen-bond donors (Lipinski definition) is 2. The van der Waals surface area contributed by atoms with Crippen LogP contribution in [0.1, 0.15) is 36.2 Å². The smallest absolute Gasteiger partial charge is 0.337 e. The molecule has 0 spiro atoms. The lowest BCUT2D eigenvalue weighted by atomic mass is 10.2. The van der Waals surface area contributed by atoms with Crippen molar-refractivity contribution in [1.82, 2.24) is 14.5 Å². The molecule has 6 heteroatoms. The fraction of sp³-hybridized carbons (Fsp3) is 0.467. The maximum atomic E-state index is 12.2. The maximum absolute atomic E-state index is 12.2. The van der Waals surface area contributed by atoms with E-state index in [1.54, 1.807) is 16.7 Å². The monoisotopic (exact) mass is 289 g/mol. The Morgan fingerprint density at radius 1 is 1.38 bits per heavy atom. The molecule has 1 atom stereocenters. The first-order valence-corrected chi connectivity index (χ1v) is 7.27. The number of aromatic nitrogens is 2. The van der Waals surface area contributed by atoms with Crippen molar-refractivity contribution in [1.29, 1.82) is 0 Å². The molecule has 0 saturated carbocycles. The zero-order chi connectivity index (χ0) is 15.0. The number of fused-ring (bicyclic) bond motifs is 1. The zero-order valence-electron chi connectivity index (χ0n) is 12.0. The number of H-pyrrole nitrogens is 1. The summed E-state index contributed by atoms with van der Waals surface area (Å²) in [5.41, 5.74) is 0.956. The highest BCUT2D eigenvalue weighted by Crippen LogP contribution is 2.20. The Hall–Kier alpha value is -2.08. The average molecular weight is 289 g/mol. The first-order valence-electron chi connectivity index (χ1n) is 7.27. The molecule has 0 aliphatic carbocycles. The number of carbonyl (C=O) groups is 1. The highest BCUT2D eigenvalue weighted by molar-refractivity contribution is 6.00. The quantitative estimate of drug-likeness (QED) is 0.897. The maximum Gasteiger partial charge on any atom is 0.337 e. The van der Waals surface area contributed by atoms with E-state index in [9.17, 15) is 14.7 Å². The molecular formula is C15H19N3O3. The van der Waals surface area contributed by atoms with Crippen molar-refractivity contribution in [2.45, 2.75) is 25.8 Å². The average Bonchev–Trinajstić information content (AvgIpc) is 3.03. The van der Waals surface area contributed by atoms with Gasteiger partial charge in [-0.15, -0.1) is 0 Å². The van der Waals surface area contributed by atoms with Crippen molar-refractivity contribution < 1.29 is 9.90 Å². The Labute approximate surface area is 122 Å². The van der Waals surface area contributed by atoms with Gasteiger partial charge in [0.05, 0.1) is 16.6 Å². The normalized spacial score (nSPS) is 17.4. The molecule has 0 amide bonds. The van der Waals surface area contributed by atoms with Gasteiger partial charge in [-0.25, -0.2) is 9.59 Å². The number of aromatic carboxylic acids is 1. The van der Waals surface area contributed by atoms with Crippen LogP contribution < -0.4 is 5.69 Å². The summed E-state index contributed by atoms with van der Waals surface area (Å²) in [6.07, 6.45) is 2.41. The van der Waals surface area contributed by atoms with Crippen molar-refractivity contribution >= 4 is 17.0 Å². The SMILES string of the molecule is CC(CN1CCCC1)n1c(=O)[nH]c2c(C(=O)O)cccc21. The highest BCUT2D eigenvalue weighted by atomic mass is 16.4. The number of rotatable bonds is 4. The molecule has 2 aromatic rings. The van der Waals surface area contributed by atoms with Crippen LogP contribution in [0.15, 0.2) is 23.0 Å². The van der Waals surface area contributed by atoms with E-state index >= 15 is 0 Å². The first-order chi connectivity index (χ1) is 10.1. The Morgan fingerprint density at radius 3 is 2.76 bits per heavy atom. The highest BCUT2D eigenvalue weighted by Gasteiger charge is 2.20. The molecule has 1 aromatic heterocycles. The zero-order valence-corrected chi connectivity index (χ0v) is 12.0. The molecule has 112 valence electrons. The van der Waals surface area contributed by atoms with Crippen LogP contribution >= 0.6 is 0 Å². The number of imidazole rings is 1. The third-order valence-electron chi connectivity index (χ3n) is 4.15. The second kappa shape index (κ2) is 5.37. The van der Waals surface area contributed by atoms with Gasteiger partial charge in [-0.3, -0.25) is 4.57 Å². The number of para-hydroxylation sites is 1. The molecule has 1 aliphatic heterocycles. The number of aromatic amines is 1. The molecule has 1 fully saturated rings. The number of hydrogen-bond acceptors (Lipinski definition) is 3. The van der Waals surface area contributed by atoms with Crippen LogP contribution in [0.25, 0.3) is 11.0 Å². The molecule has 2 N–H and O–H groups in total. The van der Waals surface area contributed by atoms with Gasteiger partial charge < -0.3 is 15.0 Å². The van der Waals surface area contributed by atoms with Gasteiger partial charge in [-0.05, 0) is 45.0 Å². The van der Waals surface area contributed by atoms with Gasteiger partial charge >= 0.3 is 11.7 Å². The number of carboxylic acids is 1. The fourth-order valence-electron chi connectivity index (χ4n) is 3.19. The van der Waals surface area contributed by atoms with E-state index in [1.165, 1.54) is 18.9 Å². The van der Waals surface area contributed by atoms with Gasteiger partial charge in [0.2, 0.25) is 0 Å². The van der Waals surface area contributed by atoms with Crippen LogP contribution in [0.5, 0.6) is 0 Å². The molecule has 0 radical (unpaired) electrons. The molecule has 1 aromatic carbocycles. The summed E-state index contributed by atoms with van der Waals surface area (Å²) in [7, 11) is 0. The molecule has 1 saturated heterocycles. The summed E-state index contributed by atoms with van der Waals surface area (Å²) in [4.78, 5) is 28.5. The first kappa shape index (κ1) is 13.9. The molecule has 21 heavy (non-hydrogen) atoms. The lowest BCUT2D eigenvalue weighted by molar-refractivity contribution is 0.0699. The Kier molecular flexibility index (Phi) is 3.55. The van der Waals surface area contributed by atoms with Gasteiger partial charge in [0.1, 0.15) is 0 Å². The number of nitrogens with one attached hydrogen (secondary N) is 1. The van der Waals surface area contributed by atoms with Crippen molar-refractivity contribution in [2.75, 3.05) is 19.6 Å². The minimum Gasteiger partial charge on any atom is -0.478 e. The van der Waals surface area contributed by atoms with Crippen molar-refractivity contribution in [2.24, 2.45) is 0 Å². The van der Waals surface area contributed by atoms with E-state index in [1.807, 2.05) is 6.92 Å². The van der Waals surface area contributed by atoms with Gasteiger partial charge in [0.15, 0.2) is 0 Å². The lowest BCUT2D eigenvalue weighted by Gasteiger charge is -2.21. The van der Waals surface area contributed by atoms with Gasteiger partial charge in [-0.2, -0.15) is 0 Å². The van der Waals surface area contributed by atoms with Crippen molar-refractivity contribution in [3.8, 4) is 0 Å². The second-order valence-electron chi connectivity index (χ2n) is 5.66. The van der Waals surface area contributed by atoms with Crippen LogP contribution in [-0.2, 0) is 0 Å². The van der Waals surface area contributed by atoms with E-state index in [0.29, 0.717) is 11.0 Å². The fourth-order valence-corrected chi connectivity index (χ4v) is 3.19. The van der Waals surface area contributed by atoms with Crippen LogP contribution in [-0.4, -0.2) is 45.2 Å². The largest absolute Gasteiger partial charge is 0.478 e. The van der Waals surface area contributed by atoms with Crippen molar-refractivity contribution in [3.05, 3.63) is 34.2 Å². The lowest BCUT2D eigenvalue weighted by Crippen LogP contribution is -2.31. The summed E-state index contributed by atoms with van der Waals surface area (Å²) in [6, 6.07) is 4.99. The van der Waals surface area contributed by atoms with E-state index in [2.05, 4.69) is 9.88 Å². The summed E-state index contributed by atoms with van der Waals surface area (Å²) >= 11 is 0. The van der Waals surface area contributed by atoms with Gasteiger partial charge in [0, 0.05) is 12.6 Å². The van der Waals surface area contributed by atoms with Gasteiger partial charge in [-0.1, -0.05) is 6.07 Å². The number of benzene rings is 1. The molecule has 0 bridgehead atoms. The minimum absolute atomic E-state index is 0.00777. The summed E-state index contributed by atoms with van der Waals surface area (Å²) < 4.78 is 1.67. The Bertz CT molecular complexity index is 725. The third-order valence-corrected chi connectivity index (χ3v) is 4.15. The standard InChI is InChI=1S/C15H19N3O3/c1-10(9-17-7-2-3-8-17)18-12-6-4-5-11(14(19)20)13(12)16-15(18)21/h4-6,10H,2-3,7-9H2,1H3,(H,16,21)(H,19,20). The van der Waals surface area contributed by atoms with E-state index in [4.69, 9.17) is 0 Å². The molecular weight excluding hydrogens is 270 g/mol. The van der Waals surface area contributed by atoms with Gasteiger partial charge in [0.25, 0.3) is 0 Å². The predicted molar refractivity (Wildman–Crippen MR) is 79.9 cm³/mol. The summed E-state index contributed by atoms with van der Waals surface area (Å²) in [5, 5.41) is 9.21. The van der Waals surface area contributed by atoms with E-state index in [0.717, 1.165) is 19.6 Å². The predicted octanol–water partition coefficient (Wildman–Crippen LogP) is 1.68. The van der Waals surface area contributed by atoms with Crippen LogP contribution in [0.3, 0.4) is 0 Å². The third kappa shape index (κ3) is 2.47. The van der Waals surface area contributed by atoms with Crippen LogP contribution in [0.2, 0.25) is 0 Å². The molecule has 1 aliphatic rings. The van der Waals surface area contributed by atoms with Crippen LogP contribution in [0.4, 0.5) is 0 Å². The number of carboxylic acid groups (broad SMARTS) is 1. The summed E-state index contributed by atoms with van der Waals surface area (Å²) in [6.45, 7) is 4.95. The van der Waals surface area contributed by atoms with E-state index < -0.39 is 5.97 Å². The Balaban J connectivity index is 2.01. The van der Waals surface area contributed by atoms with E-state index in [-0.39, 0.29) is 17.3 Å². The topological polar surface area (TPSA) is 78.3 Å². The number of likely N-dealkylation sites (tertiary alicyclic amines) is 1. The Morgan fingerprint density at radius 2 is 2.10 bits per heavy atom. The molecule has 6 nitrogen and oxygen atoms in total. The summed E-state index contributed by atoms with van der Waals surface area (Å²) in [5.74, 6) is -1.03.